The van der Waals surface area contributed by atoms with E-state index < -0.39 is 0 Å². The Morgan fingerprint density at radius 1 is 1.19 bits per heavy atom. The minimum absolute atomic E-state index is 0.121. The zero-order valence-electron chi connectivity index (χ0n) is 17.4. The molecule has 8 heteroatoms. The molecule has 0 aliphatic heterocycles. The molecule has 3 aromatic heterocycles. The number of fused-ring (bicyclic) bond motifs is 1. The van der Waals surface area contributed by atoms with Gasteiger partial charge < -0.3 is 25.0 Å². The van der Waals surface area contributed by atoms with Gasteiger partial charge in [0.05, 0.1) is 35.7 Å². The standard InChI is InChI=1S/C24H22N6O2/c1-15-11-17(30-10-9-25-14-30)12-19-22(15)29-23(28-19)21-18(7-8-26-24(21)32)27-20(13-31)16-5-3-2-4-6-16/h2-12,14,20,31H,13H2,1H3,(H,28,29)(H2,26,27,32)/t20-/m0/s1. The smallest absolute Gasteiger partial charge is 0.261 e. The third-order valence-corrected chi connectivity index (χ3v) is 5.48. The molecule has 160 valence electrons. The number of anilines is 1. The van der Waals surface area contributed by atoms with Crippen LogP contribution in [-0.2, 0) is 0 Å². The monoisotopic (exact) mass is 426 g/mol. The van der Waals surface area contributed by atoms with Crippen LogP contribution in [0.1, 0.15) is 17.2 Å². The number of nitrogens with one attached hydrogen (secondary N) is 3. The summed E-state index contributed by atoms with van der Waals surface area (Å²) >= 11 is 0. The highest BCUT2D eigenvalue weighted by molar-refractivity contribution is 5.86. The van der Waals surface area contributed by atoms with Gasteiger partial charge in [-0.15, -0.1) is 0 Å². The molecule has 2 aromatic carbocycles. The molecule has 0 amide bonds. The number of nitrogens with zero attached hydrogens (tertiary/aromatic N) is 3. The minimum Gasteiger partial charge on any atom is -0.394 e. The number of aliphatic hydroxyl groups excluding tert-OH is 1. The summed E-state index contributed by atoms with van der Waals surface area (Å²) in [6.07, 6.45) is 6.92. The van der Waals surface area contributed by atoms with E-state index in [2.05, 4.69) is 20.3 Å². The van der Waals surface area contributed by atoms with Crippen LogP contribution in [0.3, 0.4) is 0 Å². The van der Waals surface area contributed by atoms with Gasteiger partial charge in [0.15, 0.2) is 0 Å². The molecule has 3 heterocycles. The van der Waals surface area contributed by atoms with Crippen molar-refractivity contribution in [3.8, 4) is 17.1 Å². The maximum Gasteiger partial charge on any atom is 0.261 e. The molecular formula is C24H22N6O2. The largest absolute Gasteiger partial charge is 0.394 e. The highest BCUT2D eigenvalue weighted by Gasteiger charge is 2.19. The molecule has 5 aromatic rings. The molecule has 1 atom stereocenters. The van der Waals surface area contributed by atoms with Crippen LogP contribution in [0.2, 0.25) is 0 Å². The number of hydrogen-bond donors (Lipinski definition) is 4. The maximum absolute atomic E-state index is 12.8. The lowest BCUT2D eigenvalue weighted by atomic mass is 10.1. The predicted molar refractivity (Wildman–Crippen MR) is 124 cm³/mol. The summed E-state index contributed by atoms with van der Waals surface area (Å²) in [7, 11) is 0. The molecule has 0 aliphatic carbocycles. The van der Waals surface area contributed by atoms with Gasteiger partial charge in [0.25, 0.3) is 5.56 Å². The molecule has 0 saturated heterocycles. The second kappa shape index (κ2) is 8.16. The minimum atomic E-state index is -0.365. The molecular weight excluding hydrogens is 404 g/mol. The van der Waals surface area contributed by atoms with Crippen LogP contribution in [0.5, 0.6) is 0 Å². The molecule has 4 N–H and O–H groups in total. The summed E-state index contributed by atoms with van der Waals surface area (Å²) in [5.41, 5.74) is 5.17. The first-order valence-corrected chi connectivity index (χ1v) is 10.3. The summed E-state index contributed by atoms with van der Waals surface area (Å²) < 4.78 is 1.92. The highest BCUT2D eigenvalue weighted by atomic mass is 16.3. The zero-order valence-corrected chi connectivity index (χ0v) is 17.4. The number of rotatable bonds is 6. The van der Waals surface area contributed by atoms with Crippen molar-refractivity contribution in [1.29, 1.82) is 0 Å². The van der Waals surface area contributed by atoms with Gasteiger partial charge in [-0.25, -0.2) is 9.97 Å². The fraction of sp³-hybridized carbons (Fsp3) is 0.125. The van der Waals surface area contributed by atoms with Crippen LogP contribution in [-0.4, -0.2) is 36.2 Å². The molecule has 8 nitrogen and oxygen atoms in total. The van der Waals surface area contributed by atoms with Crippen LogP contribution in [0.25, 0.3) is 28.1 Å². The van der Waals surface area contributed by atoms with Crippen molar-refractivity contribution in [2.24, 2.45) is 0 Å². The number of pyridine rings is 1. The lowest BCUT2D eigenvalue weighted by Gasteiger charge is -2.19. The van der Waals surface area contributed by atoms with Crippen molar-refractivity contribution < 1.29 is 5.11 Å². The van der Waals surface area contributed by atoms with Crippen molar-refractivity contribution in [3.05, 3.63) is 94.9 Å². The molecule has 0 radical (unpaired) electrons. The molecule has 0 unspecified atom stereocenters. The van der Waals surface area contributed by atoms with Gasteiger partial charge in [-0.3, -0.25) is 4.79 Å². The van der Waals surface area contributed by atoms with E-state index in [1.54, 1.807) is 24.8 Å². The van der Waals surface area contributed by atoms with Crippen LogP contribution >= 0.6 is 0 Å². The number of benzene rings is 2. The molecule has 32 heavy (non-hydrogen) atoms. The second-order valence-corrected chi connectivity index (χ2v) is 7.60. The van der Waals surface area contributed by atoms with Crippen molar-refractivity contribution in [2.75, 3.05) is 11.9 Å². The summed E-state index contributed by atoms with van der Waals surface area (Å²) in [4.78, 5) is 27.7. The number of aromatic amines is 2. The maximum atomic E-state index is 12.8. The van der Waals surface area contributed by atoms with Crippen LogP contribution in [0.4, 0.5) is 5.69 Å². The predicted octanol–water partition coefficient (Wildman–Crippen LogP) is 3.56. The Morgan fingerprint density at radius 2 is 2.03 bits per heavy atom. The van der Waals surface area contributed by atoms with Gasteiger partial charge in [0.1, 0.15) is 11.4 Å². The van der Waals surface area contributed by atoms with Crippen molar-refractivity contribution in [2.45, 2.75) is 13.0 Å². The van der Waals surface area contributed by atoms with E-state index in [0.717, 1.165) is 27.8 Å². The van der Waals surface area contributed by atoms with E-state index in [4.69, 9.17) is 4.98 Å². The Balaban J connectivity index is 1.59. The molecule has 0 spiro atoms. The Kier molecular flexibility index (Phi) is 5.04. The van der Waals surface area contributed by atoms with Gasteiger partial charge in [0.2, 0.25) is 0 Å². The Morgan fingerprint density at radius 3 is 2.78 bits per heavy atom. The van der Waals surface area contributed by atoms with E-state index in [1.165, 1.54) is 0 Å². The lowest BCUT2D eigenvalue weighted by Crippen LogP contribution is -2.19. The number of aromatic nitrogens is 5. The number of aryl methyl sites for hydroxylation is 1. The fourth-order valence-electron chi connectivity index (χ4n) is 3.89. The van der Waals surface area contributed by atoms with Crippen LogP contribution in [0.15, 0.2) is 78.2 Å². The lowest BCUT2D eigenvalue weighted by molar-refractivity contribution is 0.276. The van der Waals surface area contributed by atoms with Gasteiger partial charge in [-0.2, -0.15) is 0 Å². The fourth-order valence-corrected chi connectivity index (χ4v) is 3.89. The zero-order chi connectivity index (χ0) is 22.1. The molecule has 5 rings (SSSR count). The summed E-state index contributed by atoms with van der Waals surface area (Å²) in [5.74, 6) is 0.458. The Labute approximate surface area is 183 Å². The first kappa shape index (κ1) is 19.8. The van der Waals surface area contributed by atoms with Crippen LogP contribution < -0.4 is 10.9 Å². The SMILES string of the molecule is Cc1cc(-n2ccnc2)cc2[nH]c(-c3c(N[C@@H](CO)c4ccccc4)cc[nH]c3=O)nc12. The normalized spacial score (nSPS) is 12.2. The highest BCUT2D eigenvalue weighted by Crippen LogP contribution is 2.29. The molecule has 0 fully saturated rings. The topological polar surface area (TPSA) is 112 Å². The third-order valence-electron chi connectivity index (χ3n) is 5.48. The Hall–Kier alpha value is -4.17. The average molecular weight is 426 g/mol. The number of H-pyrrole nitrogens is 2. The first-order chi connectivity index (χ1) is 15.6. The van der Waals surface area contributed by atoms with Crippen molar-refractivity contribution in [1.82, 2.24) is 24.5 Å². The van der Waals surface area contributed by atoms with E-state index in [0.29, 0.717) is 17.1 Å². The summed E-state index contributed by atoms with van der Waals surface area (Å²) in [5, 5.41) is 13.3. The van der Waals surface area contributed by atoms with E-state index in [1.807, 2.05) is 60.2 Å². The summed E-state index contributed by atoms with van der Waals surface area (Å²) in [6.45, 7) is 1.86. The summed E-state index contributed by atoms with van der Waals surface area (Å²) in [6, 6.07) is 15.0. The molecule has 0 saturated carbocycles. The second-order valence-electron chi connectivity index (χ2n) is 7.60. The van der Waals surface area contributed by atoms with Gasteiger partial charge >= 0.3 is 0 Å². The molecule has 0 bridgehead atoms. The molecule has 0 aliphatic rings. The van der Waals surface area contributed by atoms with E-state index >= 15 is 0 Å². The third kappa shape index (κ3) is 3.57. The quantitative estimate of drug-likeness (QED) is 0.332. The van der Waals surface area contributed by atoms with E-state index in [9.17, 15) is 9.90 Å². The Bertz CT molecular complexity index is 1420. The van der Waals surface area contributed by atoms with Gasteiger partial charge in [-0.1, -0.05) is 30.3 Å². The van der Waals surface area contributed by atoms with Gasteiger partial charge in [-0.05, 0) is 36.2 Å². The average Bonchev–Trinajstić information content (AvgIpc) is 3.48. The van der Waals surface area contributed by atoms with Crippen molar-refractivity contribution >= 4 is 16.7 Å². The number of aliphatic hydroxyl groups is 1. The van der Waals surface area contributed by atoms with Gasteiger partial charge in [0, 0.05) is 24.3 Å². The van der Waals surface area contributed by atoms with E-state index in [-0.39, 0.29) is 18.2 Å². The first-order valence-electron chi connectivity index (χ1n) is 10.3. The number of imidazole rings is 2. The van der Waals surface area contributed by atoms with Crippen LogP contribution in [0, 0.1) is 6.92 Å². The van der Waals surface area contributed by atoms with Crippen molar-refractivity contribution in [3.63, 3.8) is 0 Å². The number of hydrogen-bond acceptors (Lipinski definition) is 5.